The zero-order chi connectivity index (χ0) is 13.6. The summed E-state index contributed by atoms with van der Waals surface area (Å²) in [6, 6.07) is 4.03. The van der Waals surface area contributed by atoms with Crippen LogP contribution >= 0.6 is 0 Å². The average molecular weight is 262 g/mol. The largest absolute Gasteiger partial charge is 0.469 e. The predicted octanol–water partition coefficient (Wildman–Crippen LogP) is 6.30. The first kappa shape index (κ1) is 16.1. The maximum atomic E-state index is 5.32. The van der Waals surface area contributed by atoms with Crippen LogP contribution in [0.1, 0.15) is 76.9 Å². The van der Waals surface area contributed by atoms with Crippen LogP contribution in [0.5, 0.6) is 0 Å². The Morgan fingerprint density at radius 3 is 2.26 bits per heavy atom. The predicted molar refractivity (Wildman–Crippen MR) is 83.4 cm³/mol. The molecule has 1 heterocycles. The normalized spacial score (nSPS) is 11.4. The molecule has 1 nitrogen and oxygen atoms in total. The third-order valence-electron chi connectivity index (χ3n) is 3.52. The van der Waals surface area contributed by atoms with Gasteiger partial charge >= 0.3 is 0 Å². The second-order valence-electron chi connectivity index (χ2n) is 5.35. The van der Waals surface area contributed by atoms with Gasteiger partial charge in [-0.05, 0) is 44.2 Å². The van der Waals surface area contributed by atoms with Gasteiger partial charge in [0.05, 0.1) is 6.26 Å². The quantitative estimate of drug-likeness (QED) is 0.318. The van der Waals surface area contributed by atoms with Crippen molar-refractivity contribution in [2.75, 3.05) is 0 Å². The van der Waals surface area contributed by atoms with Gasteiger partial charge in [0, 0.05) is 6.42 Å². The lowest BCUT2D eigenvalue weighted by Gasteiger charge is -1.98. The summed E-state index contributed by atoms with van der Waals surface area (Å²) in [6.07, 6.45) is 20.9. The Kier molecular flexibility index (Phi) is 10.2. The Balaban J connectivity index is 1.80. The van der Waals surface area contributed by atoms with Crippen molar-refractivity contribution in [2.24, 2.45) is 0 Å². The molecule has 0 aliphatic carbocycles. The maximum Gasteiger partial charge on any atom is 0.103 e. The van der Waals surface area contributed by atoms with E-state index in [1.807, 2.05) is 6.07 Å². The maximum absolute atomic E-state index is 5.32. The van der Waals surface area contributed by atoms with Crippen LogP contribution in [0.3, 0.4) is 0 Å². The van der Waals surface area contributed by atoms with E-state index < -0.39 is 0 Å². The lowest BCUT2D eigenvalue weighted by molar-refractivity contribution is 0.498. The molecule has 0 aromatic carbocycles. The van der Waals surface area contributed by atoms with Crippen LogP contribution in [-0.2, 0) is 6.42 Å². The lowest BCUT2D eigenvalue weighted by atomic mass is 10.1. The summed E-state index contributed by atoms with van der Waals surface area (Å²) in [6.45, 7) is 2.27. The van der Waals surface area contributed by atoms with E-state index in [4.69, 9.17) is 4.42 Å². The number of aryl methyl sites for hydroxylation is 1. The van der Waals surface area contributed by atoms with Gasteiger partial charge in [-0.2, -0.15) is 0 Å². The topological polar surface area (TPSA) is 13.1 Å². The third kappa shape index (κ3) is 9.58. The first-order valence-corrected chi connectivity index (χ1v) is 8.11. The molecule has 0 N–H and O–H groups in total. The first-order chi connectivity index (χ1) is 9.43. The lowest BCUT2D eigenvalue weighted by Crippen LogP contribution is -1.81. The second-order valence-corrected chi connectivity index (χ2v) is 5.35. The number of hydrogen-bond acceptors (Lipinski definition) is 1. The molecular weight excluding hydrogens is 232 g/mol. The Morgan fingerprint density at radius 2 is 1.58 bits per heavy atom. The van der Waals surface area contributed by atoms with Gasteiger partial charge in [0.15, 0.2) is 0 Å². The molecule has 0 saturated heterocycles. The van der Waals surface area contributed by atoms with E-state index in [9.17, 15) is 0 Å². The Morgan fingerprint density at radius 1 is 0.895 bits per heavy atom. The van der Waals surface area contributed by atoms with Crippen molar-refractivity contribution in [1.29, 1.82) is 0 Å². The van der Waals surface area contributed by atoms with Crippen molar-refractivity contribution in [3.63, 3.8) is 0 Å². The van der Waals surface area contributed by atoms with Crippen LogP contribution in [0.2, 0.25) is 0 Å². The summed E-state index contributed by atoms with van der Waals surface area (Å²) in [5.41, 5.74) is 0. The van der Waals surface area contributed by atoms with Gasteiger partial charge in [0.25, 0.3) is 0 Å². The van der Waals surface area contributed by atoms with Crippen molar-refractivity contribution in [2.45, 2.75) is 77.6 Å². The molecule has 0 spiro atoms. The van der Waals surface area contributed by atoms with Crippen molar-refractivity contribution < 1.29 is 4.42 Å². The molecule has 108 valence electrons. The monoisotopic (exact) mass is 262 g/mol. The van der Waals surface area contributed by atoms with E-state index in [1.165, 1.54) is 64.2 Å². The van der Waals surface area contributed by atoms with Crippen LogP contribution in [0.25, 0.3) is 0 Å². The van der Waals surface area contributed by atoms with Crippen LogP contribution in [0.15, 0.2) is 35.0 Å². The minimum atomic E-state index is 1.08. The highest BCUT2D eigenvalue weighted by molar-refractivity contribution is 4.97. The fourth-order valence-corrected chi connectivity index (χ4v) is 2.29. The summed E-state index contributed by atoms with van der Waals surface area (Å²) in [4.78, 5) is 0. The fourth-order valence-electron chi connectivity index (χ4n) is 2.29. The van der Waals surface area contributed by atoms with Gasteiger partial charge in [0.2, 0.25) is 0 Å². The molecule has 0 radical (unpaired) electrons. The molecule has 1 aromatic heterocycles. The highest BCUT2D eigenvalue weighted by atomic mass is 16.3. The molecule has 19 heavy (non-hydrogen) atoms. The number of hydrogen-bond donors (Lipinski definition) is 0. The first-order valence-electron chi connectivity index (χ1n) is 8.11. The molecule has 0 amide bonds. The molecule has 1 aromatic rings. The molecule has 1 rings (SSSR count). The number of allylic oxidation sites excluding steroid dienone is 2. The SMILES string of the molecule is CCCCCCCC/C=C/CCCCc1ccco1. The van der Waals surface area contributed by atoms with Crippen LogP contribution in [-0.4, -0.2) is 0 Å². The average Bonchev–Trinajstić information content (AvgIpc) is 2.93. The summed E-state index contributed by atoms with van der Waals surface area (Å²) in [7, 11) is 0. The standard InChI is InChI=1S/C18H30O/c1-2-3-4-5-6-7-8-9-10-11-12-13-15-18-16-14-17-19-18/h9-10,14,16-17H,2-8,11-13,15H2,1H3/b10-9+. The number of unbranched alkanes of at least 4 members (excludes halogenated alkanes) is 8. The van der Waals surface area contributed by atoms with E-state index >= 15 is 0 Å². The van der Waals surface area contributed by atoms with E-state index in [2.05, 4.69) is 25.1 Å². The number of rotatable bonds is 12. The summed E-state index contributed by atoms with van der Waals surface area (Å²) < 4.78 is 5.32. The highest BCUT2D eigenvalue weighted by Gasteiger charge is 1.94. The van der Waals surface area contributed by atoms with Gasteiger partial charge in [-0.15, -0.1) is 0 Å². The van der Waals surface area contributed by atoms with Gasteiger partial charge < -0.3 is 4.42 Å². The smallest absolute Gasteiger partial charge is 0.103 e. The Labute approximate surface area is 119 Å². The van der Waals surface area contributed by atoms with Crippen molar-refractivity contribution in [3.8, 4) is 0 Å². The van der Waals surface area contributed by atoms with E-state index in [0.29, 0.717) is 0 Å². The van der Waals surface area contributed by atoms with E-state index in [1.54, 1.807) is 6.26 Å². The van der Waals surface area contributed by atoms with Gasteiger partial charge in [-0.1, -0.05) is 51.2 Å². The van der Waals surface area contributed by atoms with Crippen LogP contribution < -0.4 is 0 Å². The zero-order valence-corrected chi connectivity index (χ0v) is 12.6. The Bertz CT molecular complexity index is 298. The van der Waals surface area contributed by atoms with Crippen molar-refractivity contribution in [3.05, 3.63) is 36.3 Å². The summed E-state index contributed by atoms with van der Waals surface area (Å²) in [5, 5.41) is 0. The molecule has 0 aliphatic rings. The molecule has 0 fully saturated rings. The van der Waals surface area contributed by atoms with Gasteiger partial charge in [0.1, 0.15) is 5.76 Å². The van der Waals surface area contributed by atoms with Crippen molar-refractivity contribution >= 4 is 0 Å². The highest BCUT2D eigenvalue weighted by Crippen LogP contribution is 2.09. The van der Waals surface area contributed by atoms with Crippen LogP contribution in [0, 0.1) is 0 Å². The Hall–Kier alpha value is -0.980. The van der Waals surface area contributed by atoms with Gasteiger partial charge in [-0.25, -0.2) is 0 Å². The van der Waals surface area contributed by atoms with Gasteiger partial charge in [-0.3, -0.25) is 0 Å². The molecule has 0 atom stereocenters. The molecular formula is C18H30O. The summed E-state index contributed by atoms with van der Waals surface area (Å²) in [5.74, 6) is 1.12. The van der Waals surface area contributed by atoms with E-state index in [0.717, 1.165) is 12.2 Å². The molecule has 0 unspecified atom stereocenters. The molecule has 0 saturated carbocycles. The van der Waals surface area contributed by atoms with Crippen LogP contribution in [0.4, 0.5) is 0 Å². The fraction of sp³-hybridized carbons (Fsp3) is 0.667. The third-order valence-corrected chi connectivity index (χ3v) is 3.52. The molecule has 1 heteroatoms. The minimum absolute atomic E-state index is 1.08. The molecule has 0 aliphatic heterocycles. The minimum Gasteiger partial charge on any atom is -0.469 e. The second kappa shape index (κ2) is 12.1. The van der Waals surface area contributed by atoms with Crippen molar-refractivity contribution in [1.82, 2.24) is 0 Å². The van der Waals surface area contributed by atoms with E-state index in [-0.39, 0.29) is 0 Å². The zero-order valence-electron chi connectivity index (χ0n) is 12.6. The number of furan rings is 1. The molecule has 0 bridgehead atoms. The summed E-state index contributed by atoms with van der Waals surface area (Å²) >= 11 is 0.